The fourth-order valence-corrected chi connectivity index (χ4v) is 2.32. The third-order valence-corrected chi connectivity index (χ3v) is 3.11. The smallest absolute Gasteiger partial charge is 0.339 e. The van der Waals surface area contributed by atoms with E-state index in [1.807, 2.05) is 0 Å². The molecular weight excluding hydrogens is 312 g/mol. The summed E-state index contributed by atoms with van der Waals surface area (Å²) in [7, 11) is 1.14. The summed E-state index contributed by atoms with van der Waals surface area (Å²) in [6, 6.07) is 0. The Hall–Kier alpha value is -2.16. The SMILES string of the molecule is COC(=O)C1O[C@@H](C)C(OC(C)=O)C(OC(C)=O)[C@H]1OC(C)=O. The lowest BCUT2D eigenvalue weighted by atomic mass is 9.94. The molecule has 23 heavy (non-hydrogen) atoms. The molecule has 5 atom stereocenters. The highest BCUT2D eigenvalue weighted by Gasteiger charge is 2.53. The van der Waals surface area contributed by atoms with Crippen molar-refractivity contribution < 1.29 is 42.9 Å². The Labute approximate surface area is 133 Å². The summed E-state index contributed by atoms with van der Waals surface area (Å²) in [5.74, 6) is -2.86. The molecule has 1 aliphatic rings. The van der Waals surface area contributed by atoms with Crippen LogP contribution in [0.2, 0.25) is 0 Å². The van der Waals surface area contributed by atoms with E-state index in [9.17, 15) is 19.2 Å². The van der Waals surface area contributed by atoms with Gasteiger partial charge in [-0.1, -0.05) is 0 Å². The van der Waals surface area contributed by atoms with Crippen molar-refractivity contribution >= 4 is 23.9 Å². The summed E-state index contributed by atoms with van der Waals surface area (Å²) in [5, 5.41) is 0. The van der Waals surface area contributed by atoms with E-state index in [2.05, 4.69) is 4.74 Å². The molecular formula is C14H20O9. The van der Waals surface area contributed by atoms with E-state index in [1.54, 1.807) is 0 Å². The third kappa shape index (κ3) is 4.92. The first-order valence-electron chi connectivity index (χ1n) is 6.92. The van der Waals surface area contributed by atoms with Crippen molar-refractivity contribution in [2.45, 2.75) is 58.2 Å². The third-order valence-electron chi connectivity index (χ3n) is 3.11. The number of carbonyl (C=O) groups excluding carboxylic acids is 4. The average molecular weight is 332 g/mol. The van der Waals surface area contributed by atoms with Gasteiger partial charge in [0.05, 0.1) is 13.2 Å². The Morgan fingerprint density at radius 3 is 1.65 bits per heavy atom. The lowest BCUT2D eigenvalue weighted by Gasteiger charge is -2.42. The second-order valence-corrected chi connectivity index (χ2v) is 5.01. The van der Waals surface area contributed by atoms with Gasteiger partial charge in [0, 0.05) is 20.8 Å². The summed E-state index contributed by atoms with van der Waals surface area (Å²) in [6.45, 7) is 4.97. The van der Waals surface area contributed by atoms with Crippen LogP contribution in [0.15, 0.2) is 0 Å². The van der Waals surface area contributed by atoms with E-state index in [4.69, 9.17) is 18.9 Å². The Bertz CT molecular complexity index is 487. The average Bonchev–Trinajstić information content (AvgIpc) is 2.43. The van der Waals surface area contributed by atoms with Gasteiger partial charge in [0.15, 0.2) is 24.4 Å². The molecule has 130 valence electrons. The van der Waals surface area contributed by atoms with Crippen LogP contribution < -0.4 is 0 Å². The second kappa shape index (κ2) is 7.91. The maximum Gasteiger partial charge on any atom is 0.339 e. The van der Waals surface area contributed by atoms with Gasteiger partial charge in [-0.25, -0.2) is 4.79 Å². The highest BCUT2D eigenvalue weighted by atomic mass is 16.7. The second-order valence-electron chi connectivity index (χ2n) is 5.01. The predicted molar refractivity (Wildman–Crippen MR) is 73.0 cm³/mol. The minimum atomic E-state index is -1.31. The van der Waals surface area contributed by atoms with Crippen molar-refractivity contribution in [2.75, 3.05) is 7.11 Å². The van der Waals surface area contributed by atoms with Crippen LogP contribution in [0.3, 0.4) is 0 Å². The zero-order chi connectivity index (χ0) is 17.7. The van der Waals surface area contributed by atoms with Crippen LogP contribution in [-0.4, -0.2) is 61.5 Å². The summed E-state index contributed by atoms with van der Waals surface area (Å²) in [6.07, 6.45) is -5.64. The molecule has 1 rings (SSSR count). The number of ether oxygens (including phenoxy) is 5. The largest absolute Gasteiger partial charge is 0.467 e. The predicted octanol–water partition coefficient (Wildman–Crippen LogP) is -0.258. The van der Waals surface area contributed by atoms with E-state index < -0.39 is 54.4 Å². The van der Waals surface area contributed by atoms with Crippen molar-refractivity contribution in [1.29, 1.82) is 0 Å². The molecule has 0 radical (unpaired) electrons. The lowest BCUT2D eigenvalue weighted by Crippen LogP contribution is -2.62. The summed E-state index contributed by atoms with van der Waals surface area (Å²) >= 11 is 0. The van der Waals surface area contributed by atoms with Crippen molar-refractivity contribution in [3.05, 3.63) is 0 Å². The molecule has 0 bridgehead atoms. The molecule has 1 aliphatic heterocycles. The lowest BCUT2D eigenvalue weighted by molar-refractivity contribution is -0.245. The molecule has 1 saturated heterocycles. The van der Waals surface area contributed by atoms with Gasteiger partial charge in [-0.3, -0.25) is 14.4 Å². The highest BCUT2D eigenvalue weighted by molar-refractivity contribution is 5.77. The fraction of sp³-hybridized carbons (Fsp3) is 0.714. The van der Waals surface area contributed by atoms with Gasteiger partial charge in [0.25, 0.3) is 0 Å². The van der Waals surface area contributed by atoms with E-state index in [1.165, 1.54) is 13.8 Å². The van der Waals surface area contributed by atoms with Gasteiger partial charge in [-0.15, -0.1) is 0 Å². The minimum absolute atomic E-state index is 0.638. The Kier molecular flexibility index (Phi) is 6.49. The molecule has 0 spiro atoms. The maximum absolute atomic E-state index is 11.9. The van der Waals surface area contributed by atoms with Crippen LogP contribution >= 0.6 is 0 Å². The molecule has 0 amide bonds. The minimum Gasteiger partial charge on any atom is -0.467 e. The van der Waals surface area contributed by atoms with Crippen molar-refractivity contribution in [1.82, 2.24) is 0 Å². The van der Waals surface area contributed by atoms with Crippen LogP contribution in [-0.2, 0) is 42.9 Å². The Morgan fingerprint density at radius 1 is 0.783 bits per heavy atom. The molecule has 9 heteroatoms. The van der Waals surface area contributed by atoms with Gasteiger partial charge >= 0.3 is 23.9 Å². The number of hydrogen-bond donors (Lipinski definition) is 0. The van der Waals surface area contributed by atoms with Crippen molar-refractivity contribution in [3.8, 4) is 0 Å². The molecule has 0 aromatic rings. The van der Waals surface area contributed by atoms with Crippen molar-refractivity contribution in [3.63, 3.8) is 0 Å². The van der Waals surface area contributed by atoms with Crippen LogP contribution in [0.1, 0.15) is 27.7 Å². The van der Waals surface area contributed by atoms with E-state index in [0.717, 1.165) is 21.0 Å². The number of hydrogen-bond acceptors (Lipinski definition) is 9. The molecule has 0 N–H and O–H groups in total. The quantitative estimate of drug-likeness (QED) is 0.507. The van der Waals surface area contributed by atoms with Crippen LogP contribution in [0.25, 0.3) is 0 Å². The monoisotopic (exact) mass is 332 g/mol. The van der Waals surface area contributed by atoms with Gasteiger partial charge in [0.2, 0.25) is 0 Å². The number of methoxy groups -OCH3 is 1. The highest BCUT2D eigenvalue weighted by Crippen LogP contribution is 2.29. The van der Waals surface area contributed by atoms with E-state index >= 15 is 0 Å². The van der Waals surface area contributed by atoms with Crippen LogP contribution in [0.4, 0.5) is 0 Å². The summed E-state index contributed by atoms with van der Waals surface area (Å²) < 4.78 is 25.4. The molecule has 0 saturated carbocycles. The Balaban J connectivity index is 3.21. The van der Waals surface area contributed by atoms with Gasteiger partial charge in [0.1, 0.15) is 0 Å². The zero-order valence-corrected chi connectivity index (χ0v) is 13.6. The first-order valence-corrected chi connectivity index (χ1v) is 6.92. The Morgan fingerprint density at radius 2 is 1.22 bits per heavy atom. The summed E-state index contributed by atoms with van der Waals surface area (Å²) in [4.78, 5) is 45.8. The molecule has 9 nitrogen and oxygen atoms in total. The topological polar surface area (TPSA) is 114 Å². The normalized spacial score (nSPS) is 30.0. The van der Waals surface area contributed by atoms with Gasteiger partial charge in [-0.2, -0.15) is 0 Å². The van der Waals surface area contributed by atoms with Crippen LogP contribution in [0.5, 0.6) is 0 Å². The number of rotatable bonds is 4. The van der Waals surface area contributed by atoms with E-state index in [-0.39, 0.29) is 0 Å². The molecule has 3 unspecified atom stereocenters. The molecule has 0 aliphatic carbocycles. The van der Waals surface area contributed by atoms with Gasteiger partial charge < -0.3 is 23.7 Å². The molecule has 0 aromatic heterocycles. The maximum atomic E-state index is 11.9. The number of carbonyl (C=O) groups is 4. The van der Waals surface area contributed by atoms with Crippen LogP contribution in [0, 0.1) is 0 Å². The van der Waals surface area contributed by atoms with E-state index in [0.29, 0.717) is 0 Å². The molecule has 1 fully saturated rings. The molecule has 1 heterocycles. The summed E-state index contributed by atoms with van der Waals surface area (Å²) in [5.41, 5.74) is 0. The zero-order valence-electron chi connectivity index (χ0n) is 13.6. The fourth-order valence-electron chi connectivity index (χ4n) is 2.32. The van der Waals surface area contributed by atoms with Gasteiger partial charge in [-0.05, 0) is 6.92 Å². The first-order chi connectivity index (χ1) is 10.7. The standard InChI is InChI=1S/C14H20O9/c1-6-10(21-7(2)15)11(22-8(3)16)12(23-9(4)17)13(20-6)14(18)19-5/h6,10-13H,1-5H3/t6-,10?,11?,12+,13?/m0/s1. The van der Waals surface area contributed by atoms with Crippen molar-refractivity contribution in [2.24, 2.45) is 0 Å². The number of esters is 4. The first kappa shape index (κ1) is 18.9. The molecule has 0 aromatic carbocycles.